The summed E-state index contributed by atoms with van der Waals surface area (Å²) in [5, 5.41) is 37.9. The van der Waals surface area contributed by atoms with Gasteiger partial charge < -0.3 is 25.8 Å². The van der Waals surface area contributed by atoms with E-state index in [0.717, 1.165) is 0 Å². The van der Waals surface area contributed by atoms with Gasteiger partial charge in [-0.1, -0.05) is 18.2 Å². The number of hydrogen-bond donors (Lipinski definition) is 5. The maximum absolute atomic E-state index is 12.2. The Morgan fingerprint density at radius 3 is 2.61 bits per heavy atom. The lowest BCUT2D eigenvalue weighted by molar-refractivity contribution is -0.0503. The number of nitrogens with one attached hydrogen (secondary N) is 1. The van der Waals surface area contributed by atoms with Crippen LogP contribution in [0.15, 0.2) is 45.4 Å². The first-order chi connectivity index (χ1) is 13.5. The van der Waals surface area contributed by atoms with Crippen LogP contribution in [-0.4, -0.2) is 59.8 Å². The van der Waals surface area contributed by atoms with Gasteiger partial charge in [-0.3, -0.25) is 14.3 Å². The number of aliphatic hydroxyl groups excluding tert-OH is 3. The molecule has 3 aromatic rings. The topological polar surface area (TPSA) is 184 Å². The fourth-order valence-corrected chi connectivity index (χ4v) is 2.98. The van der Waals surface area contributed by atoms with Gasteiger partial charge in [0.2, 0.25) is 5.95 Å². The number of ether oxygens (including phenoxy) is 1. The van der Waals surface area contributed by atoms with E-state index in [1.54, 1.807) is 24.3 Å². The number of fused-ring (bicyclic) bond motifs is 1. The molecule has 1 fully saturated rings. The van der Waals surface area contributed by atoms with Crippen molar-refractivity contribution in [2.24, 2.45) is 10.2 Å². The molecule has 0 bridgehead atoms. The van der Waals surface area contributed by atoms with Crippen molar-refractivity contribution in [3.05, 3.63) is 40.7 Å². The zero-order valence-corrected chi connectivity index (χ0v) is 14.4. The van der Waals surface area contributed by atoms with Crippen LogP contribution in [0.3, 0.4) is 0 Å². The number of benzene rings is 1. The van der Waals surface area contributed by atoms with Crippen molar-refractivity contribution in [2.45, 2.75) is 24.5 Å². The van der Waals surface area contributed by atoms with Gasteiger partial charge in [0, 0.05) is 0 Å². The summed E-state index contributed by atoms with van der Waals surface area (Å²) in [5.74, 6) is -0.255. The summed E-state index contributed by atoms with van der Waals surface area (Å²) in [6.07, 6.45) is -5.03. The number of H-pyrrole nitrogens is 1. The lowest BCUT2D eigenvalue weighted by Gasteiger charge is -2.17. The minimum absolute atomic E-state index is 0.00176. The highest BCUT2D eigenvalue weighted by molar-refractivity contribution is 5.74. The lowest BCUT2D eigenvalue weighted by atomic mass is 10.1. The minimum Gasteiger partial charge on any atom is -0.394 e. The number of nitrogens with zero attached hydrogens (tertiary/aromatic N) is 5. The summed E-state index contributed by atoms with van der Waals surface area (Å²) in [6, 6.07) is 8.80. The lowest BCUT2D eigenvalue weighted by Crippen LogP contribution is -2.33. The molecule has 1 aromatic carbocycles. The molecule has 0 radical (unpaired) electrons. The number of rotatable bonds is 4. The van der Waals surface area contributed by atoms with E-state index in [1.807, 2.05) is 6.07 Å². The third kappa shape index (κ3) is 3.03. The largest absolute Gasteiger partial charge is 0.394 e. The molecule has 6 N–H and O–H groups in total. The summed E-state index contributed by atoms with van der Waals surface area (Å²) in [5.41, 5.74) is 5.46. The molecule has 12 nitrogen and oxygen atoms in total. The quantitative estimate of drug-likeness (QED) is 0.379. The molecule has 2 aromatic heterocycles. The van der Waals surface area contributed by atoms with Crippen molar-refractivity contribution in [2.75, 3.05) is 12.3 Å². The number of aliphatic hydroxyl groups is 3. The molecule has 1 unspecified atom stereocenters. The number of nitrogens with two attached hydrogens (primary N) is 1. The Kier molecular flexibility index (Phi) is 4.60. The summed E-state index contributed by atoms with van der Waals surface area (Å²) in [6.45, 7) is -0.516. The van der Waals surface area contributed by atoms with Crippen molar-refractivity contribution in [3.8, 4) is 0 Å². The highest BCUT2D eigenvalue weighted by Crippen LogP contribution is 2.35. The van der Waals surface area contributed by atoms with Gasteiger partial charge in [-0.05, 0) is 12.1 Å². The number of azo groups is 1. The Labute approximate surface area is 157 Å². The summed E-state index contributed by atoms with van der Waals surface area (Å²) < 4.78 is 6.76. The summed E-state index contributed by atoms with van der Waals surface area (Å²) in [4.78, 5) is 22.7. The second-order valence-electron chi connectivity index (χ2n) is 6.17. The van der Waals surface area contributed by atoms with Gasteiger partial charge in [-0.15, -0.1) is 10.2 Å². The zero-order chi connectivity index (χ0) is 19.8. The zero-order valence-electron chi connectivity index (χ0n) is 14.4. The number of anilines is 1. The first-order valence-corrected chi connectivity index (χ1v) is 8.36. The van der Waals surface area contributed by atoms with E-state index < -0.39 is 36.7 Å². The predicted octanol–water partition coefficient (Wildman–Crippen LogP) is -0.271. The fraction of sp³-hybridized carbons (Fsp3) is 0.312. The van der Waals surface area contributed by atoms with Crippen LogP contribution in [0.5, 0.6) is 0 Å². The van der Waals surface area contributed by atoms with Crippen molar-refractivity contribution in [3.63, 3.8) is 0 Å². The summed E-state index contributed by atoms with van der Waals surface area (Å²) in [7, 11) is 0. The normalized spacial score (nSPS) is 25.1. The number of nitrogen functional groups attached to an aromatic ring is 1. The average molecular weight is 387 g/mol. The van der Waals surface area contributed by atoms with Gasteiger partial charge in [-0.2, -0.15) is 4.98 Å². The van der Waals surface area contributed by atoms with Crippen LogP contribution >= 0.6 is 0 Å². The highest BCUT2D eigenvalue weighted by atomic mass is 16.6. The number of aromatic amines is 1. The van der Waals surface area contributed by atoms with E-state index in [9.17, 15) is 20.1 Å². The molecule has 0 amide bonds. The molecule has 4 rings (SSSR count). The van der Waals surface area contributed by atoms with Crippen molar-refractivity contribution in [1.29, 1.82) is 0 Å². The van der Waals surface area contributed by atoms with E-state index in [2.05, 4.69) is 25.2 Å². The Morgan fingerprint density at radius 2 is 1.93 bits per heavy atom. The second kappa shape index (κ2) is 7.09. The van der Waals surface area contributed by atoms with E-state index in [-0.39, 0.29) is 23.1 Å². The molecule has 28 heavy (non-hydrogen) atoms. The molecule has 4 atom stereocenters. The van der Waals surface area contributed by atoms with Crippen molar-refractivity contribution < 1.29 is 20.1 Å². The van der Waals surface area contributed by atoms with Gasteiger partial charge >= 0.3 is 0 Å². The second-order valence-corrected chi connectivity index (χ2v) is 6.17. The minimum atomic E-state index is -1.43. The smallest absolute Gasteiger partial charge is 0.280 e. The Hall–Kier alpha value is -3.19. The number of aromatic nitrogens is 4. The summed E-state index contributed by atoms with van der Waals surface area (Å²) >= 11 is 0. The molecule has 0 saturated carbocycles. The van der Waals surface area contributed by atoms with Gasteiger partial charge in [0.1, 0.15) is 18.3 Å². The van der Waals surface area contributed by atoms with Gasteiger partial charge in [0.15, 0.2) is 17.4 Å². The van der Waals surface area contributed by atoms with Crippen LogP contribution < -0.4 is 11.3 Å². The molecule has 0 aliphatic carbocycles. The van der Waals surface area contributed by atoms with Crippen LogP contribution in [0.25, 0.3) is 11.2 Å². The van der Waals surface area contributed by atoms with Crippen LogP contribution in [0, 0.1) is 0 Å². The fourth-order valence-electron chi connectivity index (χ4n) is 2.98. The van der Waals surface area contributed by atoms with E-state index in [0.29, 0.717) is 5.69 Å². The standard InChI is InChI=1S/C16H17N7O5/c17-15-19-12-9(13(27)20-15)18-16(22-21-7-4-2-1-3-5-7)23(12)14-11(26)10(25)8(6-24)28-14/h1-5,8,10-11,14,24-26H,6H2,(H3,17,19,20,27)/b22-21-/t8-,10+,11?,14-/m1/s1. The molecule has 0 spiro atoms. The molecular weight excluding hydrogens is 370 g/mol. The van der Waals surface area contributed by atoms with Gasteiger partial charge in [0.05, 0.1) is 12.3 Å². The maximum atomic E-state index is 12.2. The van der Waals surface area contributed by atoms with Gasteiger partial charge in [-0.25, -0.2) is 4.98 Å². The van der Waals surface area contributed by atoms with E-state index in [1.165, 1.54) is 4.57 Å². The molecule has 3 heterocycles. The van der Waals surface area contributed by atoms with Crippen LogP contribution in [0.4, 0.5) is 17.6 Å². The molecule has 146 valence electrons. The third-order valence-corrected chi connectivity index (χ3v) is 4.33. The molecule has 1 saturated heterocycles. The Bertz CT molecular complexity index is 1080. The molecule has 1 aliphatic heterocycles. The van der Waals surface area contributed by atoms with Gasteiger partial charge in [0.25, 0.3) is 11.5 Å². The Balaban J connectivity index is 1.87. The van der Waals surface area contributed by atoms with E-state index in [4.69, 9.17) is 10.5 Å². The first-order valence-electron chi connectivity index (χ1n) is 8.36. The average Bonchev–Trinajstić information content (AvgIpc) is 3.18. The van der Waals surface area contributed by atoms with Crippen LogP contribution in [0.2, 0.25) is 0 Å². The van der Waals surface area contributed by atoms with Crippen molar-refractivity contribution >= 4 is 28.7 Å². The molecular formula is C16H17N7O5. The van der Waals surface area contributed by atoms with Crippen molar-refractivity contribution in [1.82, 2.24) is 19.5 Å². The monoisotopic (exact) mass is 387 g/mol. The Morgan fingerprint density at radius 1 is 1.18 bits per heavy atom. The highest BCUT2D eigenvalue weighted by Gasteiger charge is 2.45. The molecule has 12 heteroatoms. The van der Waals surface area contributed by atoms with Crippen LogP contribution in [-0.2, 0) is 4.74 Å². The predicted molar refractivity (Wildman–Crippen MR) is 96.2 cm³/mol. The SMILES string of the molecule is Nc1nc2c(nc(/N=N\c3ccccc3)n2[C@@H]2O[C@H](CO)[C@H](O)C2O)c(=O)[nH]1. The van der Waals surface area contributed by atoms with Crippen LogP contribution in [0.1, 0.15) is 6.23 Å². The number of hydrogen-bond acceptors (Lipinski definition) is 10. The maximum Gasteiger partial charge on any atom is 0.280 e. The molecule has 1 aliphatic rings. The number of imidazole rings is 1. The first kappa shape index (κ1) is 18.2. The van der Waals surface area contributed by atoms with E-state index >= 15 is 0 Å². The third-order valence-electron chi connectivity index (χ3n) is 4.33.